The van der Waals surface area contributed by atoms with Crippen LogP contribution in [0.25, 0.3) is 20.4 Å². The molecule has 1 aliphatic carbocycles. The van der Waals surface area contributed by atoms with E-state index in [2.05, 4.69) is 42.6 Å². The average Bonchev–Trinajstić information content (AvgIpc) is 3.39. The lowest BCUT2D eigenvalue weighted by Crippen LogP contribution is -2.07. The number of fused-ring (bicyclic) bond motifs is 5. The van der Waals surface area contributed by atoms with Crippen molar-refractivity contribution in [2.24, 2.45) is 0 Å². The first kappa shape index (κ1) is 19.8. The van der Waals surface area contributed by atoms with E-state index in [4.69, 9.17) is 15.0 Å². The van der Waals surface area contributed by atoms with Crippen molar-refractivity contribution in [3.05, 3.63) is 52.7 Å². The first-order chi connectivity index (χ1) is 14.8. The van der Waals surface area contributed by atoms with Gasteiger partial charge in [0.15, 0.2) is 5.16 Å². The zero-order chi connectivity index (χ0) is 20.5. The van der Waals surface area contributed by atoms with Crippen LogP contribution >= 0.6 is 23.1 Å². The third-order valence-electron chi connectivity index (χ3n) is 5.82. The molecule has 1 N–H and O–H groups in total. The van der Waals surface area contributed by atoms with Crippen LogP contribution in [0.15, 0.2) is 35.5 Å². The molecule has 3 aromatic heterocycles. The highest BCUT2D eigenvalue weighted by atomic mass is 32.2. The molecule has 154 valence electrons. The number of benzene rings is 1. The second-order valence-electron chi connectivity index (χ2n) is 7.80. The number of aromatic nitrogens is 3. The van der Waals surface area contributed by atoms with Gasteiger partial charge < -0.3 is 5.32 Å². The Morgan fingerprint density at radius 2 is 1.87 bits per heavy atom. The van der Waals surface area contributed by atoms with Gasteiger partial charge in [0, 0.05) is 17.6 Å². The molecule has 0 radical (unpaired) electrons. The van der Waals surface area contributed by atoms with Gasteiger partial charge in [0.2, 0.25) is 0 Å². The number of pyridine rings is 1. The van der Waals surface area contributed by atoms with E-state index in [0.29, 0.717) is 0 Å². The number of thioether (sulfide) groups is 1. The van der Waals surface area contributed by atoms with Gasteiger partial charge >= 0.3 is 0 Å². The van der Waals surface area contributed by atoms with Crippen LogP contribution in [0.1, 0.15) is 42.1 Å². The number of hydrogen-bond donors (Lipinski definition) is 1. The highest BCUT2D eigenvalue weighted by molar-refractivity contribution is 7.98. The lowest BCUT2D eigenvalue weighted by atomic mass is 10.0. The van der Waals surface area contributed by atoms with Crippen LogP contribution in [-0.2, 0) is 25.7 Å². The van der Waals surface area contributed by atoms with Crippen molar-refractivity contribution in [2.45, 2.75) is 50.6 Å². The molecule has 5 rings (SSSR count). The molecule has 1 aliphatic rings. The minimum atomic E-state index is 0.828. The molecule has 0 aliphatic heterocycles. The van der Waals surface area contributed by atoms with Gasteiger partial charge in [-0.15, -0.1) is 11.3 Å². The lowest BCUT2D eigenvalue weighted by Gasteiger charge is -2.09. The summed E-state index contributed by atoms with van der Waals surface area (Å²) >= 11 is 3.36. The van der Waals surface area contributed by atoms with Gasteiger partial charge in [0.25, 0.3) is 0 Å². The zero-order valence-corrected chi connectivity index (χ0v) is 19.1. The molecular formula is C24H26N4S2. The van der Waals surface area contributed by atoms with Crippen molar-refractivity contribution in [2.75, 3.05) is 18.1 Å². The summed E-state index contributed by atoms with van der Waals surface area (Å²) in [6.07, 6.45) is 8.76. The maximum Gasteiger partial charge on any atom is 0.189 e. The Hall–Kier alpha value is -2.18. The van der Waals surface area contributed by atoms with Gasteiger partial charge in [-0.05, 0) is 55.1 Å². The van der Waals surface area contributed by atoms with Gasteiger partial charge in [-0.2, -0.15) is 0 Å². The average molecular weight is 435 g/mol. The predicted octanol–water partition coefficient (Wildman–Crippen LogP) is 6.06. The molecule has 4 aromatic rings. The third kappa shape index (κ3) is 3.56. The van der Waals surface area contributed by atoms with Crippen LogP contribution in [0.3, 0.4) is 0 Å². The Balaban J connectivity index is 1.59. The molecule has 6 heteroatoms. The van der Waals surface area contributed by atoms with E-state index in [9.17, 15) is 0 Å². The van der Waals surface area contributed by atoms with Crippen LogP contribution in [0.2, 0.25) is 0 Å². The summed E-state index contributed by atoms with van der Waals surface area (Å²) in [5, 5.41) is 5.71. The van der Waals surface area contributed by atoms with Crippen molar-refractivity contribution in [1.82, 2.24) is 15.0 Å². The zero-order valence-electron chi connectivity index (χ0n) is 17.5. The standard InChI is InChI=1S/C24H26N4S2/c1-3-8-18-16-11-7-12-17(16)19-20-21(30-23(19)26-18)22(28-24(27-20)29-2)25-14-13-15-9-5-4-6-10-15/h4-6,9-10H,3,7-8,11-14H2,1-2H3,(H,25,27,28). The van der Waals surface area contributed by atoms with Gasteiger partial charge in [0.1, 0.15) is 10.6 Å². The number of thiophene rings is 1. The van der Waals surface area contributed by atoms with Crippen LogP contribution in [0.4, 0.5) is 5.82 Å². The highest BCUT2D eigenvalue weighted by Crippen LogP contribution is 2.42. The van der Waals surface area contributed by atoms with Crippen molar-refractivity contribution in [3.8, 4) is 0 Å². The first-order valence-electron chi connectivity index (χ1n) is 10.7. The normalized spacial score (nSPS) is 13.3. The molecular weight excluding hydrogens is 408 g/mol. The molecule has 0 saturated heterocycles. The number of aryl methyl sites for hydroxylation is 2. The molecule has 0 spiro atoms. The van der Waals surface area contributed by atoms with Gasteiger partial charge in [0.05, 0.1) is 10.2 Å². The topological polar surface area (TPSA) is 50.7 Å². The van der Waals surface area contributed by atoms with E-state index < -0.39 is 0 Å². The molecule has 0 atom stereocenters. The Morgan fingerprint density at radius 1 is 1.03 bits per heavy atom. The second kappa shape index (κ2) is 8.52. The van der Waals surface area contributed by atoms with Crippen LogP contribution < -0.4 is 5.32 Å². The van der Waals surface area contributed by atoms with E-state index in [-0.39, 0.29) is 0 Å². The molecule has 0 saturated carbocycles. The molecule has 0 bridgehead atoms. The Labute approximate surface area is 185 Å². The highest BCUT2D eigenvalue weighted by Gasteiger charge is 2.24. The Morgan fingerprint density at radius 3 is 2.67 bits per heavy atom. The van der Waals surface area contributed by atoms with Crippen molar-refractivity contribution < 1.29 is 0 Å². The molecule has 0 amide bonds. The molecule has 0 fully saturated rings. The first-order valence-corrected chi connectivity index (χ1v) is 12.8. The van der Waals surface area contributed by atoms with Gasteiger partial charge in [-0.1, -0.05) is 55.4 Å². The Bertz CT molecular complexity index is 1200. The molecule has 30 heavy (non-hydrogen) atoms. The summed E-state index contributed by atoms with van der Waals surface area (Å²) in [4.78, 5) is 16.0. The second-order valence-corrected chi connectivity index (χ2v) is 9.57. The lowest BCUT2D eigenvalue weighted by molar-refractivity contribution is 0.856. The quantitative estimate of drug-likeness (QED) is 0.283. The fourth-order valence-electron chi connectivity index (χ4n) is 4.45. The Kier molecular flexibility index (Phi) is 5.61. The number of hydrogen-bond acceptors (Lipinski definition) is 6. The molecule has 0 unspecified atom stereocenters. The van der Waals surface area contributed by atoms with Crippen molar-refractivity contribution in [1.29, 1.82) is 0 Å². The largest absolute Gasteiger partial charge is 0.368 e. The molecule has 3 heterocycles. The fraction of sp³-hybridized carbons (Fsp3) is 0.375. The number of nitrogens with zero attached hydrogens (tertiary/aromatic N) is 3. The van der Waals surface area contributed by atoms with E-state index >= 15 is 0 Å². The maximum atomic E-state index is 5.11. The number of anilines is 1. The summed E-state index contributed by atoms with van der Waals surface area (Å²) in [5.41, 5.74) is 6.72. The number of nitrogens with one attached hydrogen (secondary N) is 1. The number of rotatable bonds is 7. The molecule has 4 nitrogen and oxygen atoms in total. The van der Waals surface area contributed by atoms with E-state index in [1.54, 1.807) is 23.1 Å². The SMILES string of the molecule is CCCc1nc2sc3c(NCCc4ccccc4)nc(SC)nc3c2c2c1CCC2. The molecule has 1 aromatic carbocycles. The predicted molar refractivity (Wildman–Crippen MR) is 129 cm³/mol. The van der Waals surface area contributed by atoms with Crippen molar-refractivity contribution >= 4 is 49.3 Å². The van der Waals surface area contributed by atoms with E-state index in [1.165, 1.54) is 34.2 Å². The monoisotopic (exact) mass is 434 g/mol. The maximum absolute atomic E-state index is 5.11. The minimum Gasteiger partial charge on any atom is -0.368 e. The van der Waals surface area contributed by atoms with Crippen LogP contribution in [-0.4, -0.2) is 27.8 Å². The van der Waals surface area contributed by atoms with Crippen LogP contribution in [0, 0.1) is 0 Å². The van der Waals surface area contributed by atoms with E-state index in [1.807, 2.05) is 6.26 Å². The van der Waals surface area contributed by atoms with E-state index in [0.717, 1.165) is 64.7 Å². The smallest absolute Gasteiger partial charge is 0.189 e. The van der Waals surface area contributed by atoms with Gasteiger partial charge in [-0.3, -0.25) is 0 Å². The summed E-state index contributed by atoms with van der Waals surface area (Å²) in [6.45, 7) is 3.09. The minimum absolute atomic E-state index is 0.828. The fourth-order valence-corrected chi connectivity index (χ4v) is 5.94. The third-order valence-corrected chi connectivity index (χ3v) is 7.44. The van der Waals surface area contributed by atoms with Crippen molar-refractivity contribution in [3.63, 3.8) is 0 Å². The summed E-state index contributed by atoms with van der Waals surface area (Å²) in [5.74, 6) is 0.951. The van der Waals surface area contributed by atoms with Crippen LogP contribution in [0.5, 0.6) is 0 Å². The summed E-state index contributed by atoms with van der Waals surface area (Å²) < 4.78 is 1.14. The summed E-state index contributed by atoms with van der Waals surface area (Å²) in [7, 11) is 0. The van der Waals surface area contributed by atoms with Gasteiger partial charge in [-0.25, -0.2) is 15.0 Å². The summed E-state index contributed by atoms with van der Waals surface area (Å²) in [6, 6.07) is 10.6.